The van der Waals surface area contributed by atoms with Crippen LogP contribution < -0.4 is 14.2 Å². The topological polar surface area (TPSA) is 47.9 Å². The molecule has 4 nitrogen and oxygen atoms in total. The minimum Gasteiger partial charge on any atom is -0.506 e. The molecule has 1 aromatic rings. The SMILES string of the molecule is COc1c(Br)c(O)cc2c1OCO2. The number of ether oxygens (including phenoxy) is 3. The lowest BCUT2D eigenvalue weighted by Gasteiger charge is -2.07. The predicted octanol–water partition coefficient (Wildman–Crippen LogP) is 1.89. The average Bonchev–Trinajstić information content (AvgIpc) is 2.54. The molecule has 0 radical (unpaired) electrons. The maximum absolute atomic E-state index is 9.43. The summed E-state index contributed by atoms with van der Waals surface area (Å²) >= 11 is 3.18. The van der Waals surface area contributed by atoms with E-state index >= 15 is 0 Å². The number of halogens is 1. The summed E-state index contributed by atoms with van der Waals surface area (Å²) in [7, 11) is 1.50. The van der Waals surface area contributed by atoms with Crippen LogP contribution >= 0.6 is 15.9 Å². The van der Waals surface area contributed by atoms with Gasteiger partial charge >= 0.3 is 0 Å². The van der Waals surface area contributed by atoms with Crippen LogP contribution in [0, 0.1) is 0 Å². The molecule has 0 aromatic heterocycles. The fraction of sp³-hybridized carbons (Fsp3) is 0.250. The van der Waals surface area contributed by atoms with Crippen molar-refractivity contribution < 1.29 is 19.3 Å². The van der Waals surface area contributed by atoms with Gasteiger partial charge in [0.1, 0.15) is 10.2 Å². The van der Waals surface area contributed by atoms with Crippen molar-refractivity contribution in [3.8, 4) is 23.0 Å². The molecule has 70 valence electrons. The highest BCUT2D eigenvalue weighted by Crippen LogP contribution is 2.49. The third-order valence-electron chi connectivity index (χ3n) is 1.74. The molecule has 5 heteroatoms. The molecule has 0 bridgehead atoms. The fourth-order valence-electron chi connectivity index (χ4n) is 1.16. The lowest BCUT2D eigenvalue weighted by molar-refractivity contribution is 0.171. The Hall–Kier alpha value is -1.10. The van der Waals surface area contributed by atoms with Gasteiger partial charge in [0.05, 0.1) is 7.11 Å². The second-order valence-electron chi connectivity index (χ2n) is 2.48. The molecule has 1 heterocycles. The summed E-state index contributed by atoms with van der Waals surface area (Å²) < 4.78 is 15.8. The molecule has 1 aliphatic heterocycles. The van der Waals surface area contributed by atoms with E-state index in [1.807, 2.05) is 0 Å². The van der Waals surface area contributed by atoms with Crippen molar-refractivity contribution in [2.75, 3.05) is 13.9 Å². The Morgan fingerprint density at radius 1 is 1.54 bits per heavy atom. The lowest BCUT2D eigenvalue weighted by Crippen LogP contribution is -1.94. The van der Waals surface area contributed by atoms with E-state index in [1.54, 1.807) is 0 Å². The van der Waals surface area contributed by atoms with E-state index in [4.69, 9.17) is 14.2 Å². The number of aromatic hydroxyl groups is 1. The molecule has 1 aliphatic rings. The number of phenolic OH excluding ortho intramolecular Hbond substituents is 1. The number of rotatable bonds is 1. The standard InChI is InChI=1S/C8H7BrO4/c1-11-8-6(9)4(10)2-5-7(8)13-3-12-5/h2,10H,3H2,1H3. The molecular weight excluding hydrogens is 240 g/mol. The first-order valence-corrected chi connectivity index (χ1v) is 4.38. The van der Waals surface area contributed by atoms with Crippen molar-refractivity contribution in [3.05, 3.63) is 10.5 Å². The number of phenols is 1. The first kappa shape index (κ1) is 8.50. The molecule has 1 aromatic carbocycles. The molecule has 0 spiro atoms. The monoisotopic (exact) mass is 246 g/mol. The second kappa shape index (κ2) is 2.99. The molecule has 2 rings (SSSR count). The average molecular weight is 247 g/mol. The molecule has 0 aliphatic carbocycles. The van der Waals surface area contributed by atoms with Crippen LogP contribution in [-0.2, 0) is 0 Å². The summed E-state index contributed by atoms with van der Waals surface area (Å²) in [4.78, 5) is 0. The normalized spacial score (nSPS) is 13.1. The summed E-state index contributed by atoms with van der Waals surface area (Å²) in [6, 6.07) is 1.48. The van der Waals surface area contributed by atoms with Gasteiger partial charge in [0.2, 0.25) is 12.5 Å². The van der Waals surface area contributed by atoms with Gasteiger partial charge in [-0.25, -0.2) is 0 Å². The first-order valence-electron chi connectivity index (χ1n) is 3.59. The van der Waals surface area contributed by atoms with Crippen molar-refractivity contribution in [1.29, 1.82) is 0 Å². The van der Waals surface area contributed by atoms with E-state index in [-0.39, 0.29) is 12.5 Å². The van der Waals surface area contributed by atoms with Crippen molar-refractivity contribution in [3.63, 3.8) is 0 Å². The van der Waals surface area contributed by atoms with E-state index in [2.05, 4.69) is 15.9 Å². The highest BCUT2D eigenvalue weighted by Gasteiger charge is 2.23. The summed E-state index contributed by atoms with van der Waals surface area (Å²) in [5.74, 6) is 1.54. The van der Waals surface area contributed by atoms with Gasteiger partial charge in [-0.2, -0.15) is 0 Å². The Balaban J connectivity index is 2.64. The minimum atomic E-state index is 0.0705. The largest absolute Gasteiger partial charge is 0.506 e. The molecule has 0 amide bonds. The van der Waals surface area contributed by atoms with Gasteiger partial charge in [-0.1, -0.05) is 0 Å². The summed E-state index contributed by atoms with van der Waals surface area (Å²) in [5, 5.41) is 9.43. The molecule has 0 unspecified atom stereocenters. The van der Waals surface area contributed by atoms with Gasteiger partial charge in [0.25, 0.3) is 0 Å². The zero-order chi connectivity index (χ0) is 9.42. The number of methoxy groups -OCH3 is 1. The predicted molar refractivity (Wildman–Crippen MR) is 48.5 cm³/mol. The second-order valence-corrected chi connectivity index (χ2v) is 3.27. The van der Waals surface area contributed by atoms with Crippen LogP contribution in [0.4, 0.5) is 0 Å². The maximum Gasteiger partial charge on any atom is 0.231 e. The summed E-state index contributed by atoms with van der Waals surface area (Å²) in [6.07, 6.45) is 0. The zero-order valence-electron chi connectivity index (χ0n) is 6.83. The lowest BCUT2D eigenvalue weighted by atomic mass is 10.3. The van der Waals surface area contributed by atoms with Gasteiger partial charge in [-0.05, 0) is 15.9 Å². The molecule has 13 heavy (non-hydrogen) atoms. The van der Waals surface area contributed by atoms with Crippen LogP contribution in [0.2, 0.25) is 0 Å². The molecule has 1 N–H and O–H groups in total. The van der Waals surface area contributed by atoms with Crippen LogP contribution in [0.3, 0.4) is 0 Å². The quantitative estimate of drug-likeness (QED) is 0.823. The van der Waals surface area contributed by atoms with Crippen LogP contribution in [0.25, 0.3) is 0 Å². The van der Waals surface area contributed by atoms with E-state index < -0.39 is 0 Å². The van der Waals surface area contributed by atoms with Crippen molar-refractivity contribution in [1.82, 2.24) is 0 Å². The van der Waals surface area contributed by atoms with Crippen LogP contribution in [0.5, 0.6) is 23.0 Å². The first-order chi connectivity index (χ1) is 6.24. The minimum absolute atomic E-state index is 0.0705. The van der Waals surface area contributed by atoms with Gasteiger partial charge in [-0.15, -0.1) is 0 Å². The summed E-state index contributed by atoms with van der Waals surface area (Å²) in [6.45, 7) is 0.154. The van der Waals surface area contributed by atoms with Crippen molar-refractivity contribution >= 4 is 15.9 Å². The van der Waals surface area contributed by atoms with Gasteiger partial charge < -0.3 is 19.3 Å². The van der Waals surface area contributed by atoms with Gasteiger partial charge in [-0.3, -0.25) is 0 Å². The Bertz CT molecular complexity index is 350. The van der Waals surface area contributed by atoms with E-state index in [0.717, 1.165) is 0 Å². The van der Waals surface area contributed by atoms with Gasteiger partial charge in [0, 0.05) is 6.07 Å². The number of hydrogen-bond donors (Lipinski definition) is 1. The van der Waals surface area contributed by atoms with E-state index in [9.17, 15) is 5.11 Å². The van der Waals surface area contributed by atoms with Crippen LogP contribution in [-0.4, -0.2) is 19.0 Å². The van der Waals surface area contributed by atoms with Crippen LogP contribution in [0.15, 0.2) is 10.5 Å². The van der Waals surface area contributed by atoms with E-state index in [0.29, 0.717) is 21.7 Å². The summed E-state index contributed by atoms with van der Waals surface area (Å²) in [5.41, 5.74) is 0. The Labute approximate surface area is 83.2 Å². The highest BCUT2D eigenvalue weighted by molar-refractivity contribution is 9.10. The molecule has 0 atom stereocenters. The number of benzene rings is 1. The van der Waals surface area contributed by atoms with E-state index in [1.165, 1.54) is 13.2 Å². The molecular formula is C8H7BrO4. The smallest absolute Gasteiger partial charge is 0.231 e. The Kier molecular flexibility index (Phi) is 1.95. The third kappa shape index (κ3) is 1.19. The maximum atomic E-state index is 9.43. The molecule has 0 fully saturated rings. The van der Waals surface area contributed by atoms with Gasteiger partial charge in [0.15, 0.2) is 11.5 Å². The fourth-order valence-corrected chi connectivity index (χ4v) is 1.62. The third-order valence-corrected chi connectivity index (χ3v) is 2.51. The van der Waals surface area contributed by atoms with Crippen molar-refractivity contribution in [2.45, 2.75) is 0 Å². The number of hydrogen-bond acceptors (Lipinski definition) is 4. The zero-order valence-corrected chi connectivity index (χ0v) is 8.42. The van der Waals surface area contributed by atoms with Crippen LogP contribution in [0.1, 0.15) is 0 Å². The molecule has 0 saturated carbocycles. The number of fused-ring (bicyclic) bond motifs is 1. The highest BCUT2D eigenvalue weighted by atomic mass is 79.9. The Morgan fingerprint density at radius 2 is 2.31 bits per heavy atom. The molecule has 0 saturated heterocycles. The van der Waals surface area contributed by atoms with Crippen molar-refractivity contribution in [2.24, 2.45) is 0 Å². The Morgan fingerprint density at radius 3 is 3.00 bits per heavy atom.